The highest BCUT2D eigenvalue weighted by atomic mass is 35.5. The van der Waals surface area contributed by atoms with Crippen molar-refractivity contribution < 1.29 is 9.47 Å². The number of aryl methyl sites for hydroxylation is 2. The molecule has 3 aromatic rings. The SMILES string of the molecule is COc1c(Nc2ncc3c(n2)-c2c(C)cc(Cl)n2CC3)cnn1CCN1CCOCC1. The summed E-state index contributed by atoms with van der Waals surface area (Å²) in [6, 6.07) is 1.99. The fourth-order valence-corrected chi connectivity index (χ4v) is 4.61. The fraction of sp³-hybridized carbons (Fsp3) is 0.476. The number of methoxy groups -OCH3 is 1. The third-order valence-electron chi connectivity index (χ3n) is 5.89. The summed E-state index contributed by atoms with van der Waals surface area (Å²) in [7, 11) is 1.65. The van der Waals surface area contributed by atoms with Gasteiger partial charge in [0.2, 0.25) is 11.8 Å². The third kappa shape index (κ3) is 3.88. The number of ether oxygens (including phenoxy) is 2. The first-order valence-corrected chi connectivity index (χ1v) is 10.9. The van der Waals surface area contributed by atoms with Crippen molar-refractivity contribution in [3.8, 4) is 17.3 Å². The predicted octanol–water partition coefficient (Wildman–Crippen LogP) is 2.74. The predicted molar refractivity (Wildman–Crippen MR) is 118 cm³/mol. The summed E-state index contributed by atoms with van der Waals surface area (Å²) in [5.41, 5.74) is 4.97. The van der Waals surface area contributed by atoms with E-state index < -0.39 is 0 Å². The van der Waals surface area contributed by atoms with E-state index in [1.54, 1.807) is 13.3 Å². The first kappa shape index (κ1) is 20.3. The Bertz CT molecular complexity index is 1090. The number of halogens is 1. The van der Waals surface area contributed by atoms with Crippen molar-refractivity contribution >= 4 is 23.2 Å². The molecule has 0 aliphatic carbocycles. The molecule has 0 spiro atoms. The van der Waals surface area contributed by atoms with E-state index in [0.29, 0.717) is 11.8 Å². The normalized spacial score (nSPS) is 16.1. The average Bonchev–Trinajstić information content (AvgIpc) is 3.32. The molecule has 1 N–H and O–H groups in total. The molecule has 1 fully saturated rings. The molecule has 164 valence electrons. The van der Waals surface area contributed by atoms with E-state index in [1.165, 1.54) is 0 Å². The van der Waals surface area contributed by atoms with E-state index in [1.807, 2.05) is 16.9 Å². The van der Waals surface area contributed by atoms with Crippen LogP contribution in [-0.4, -0.2) is 69.2 Å². The molecule has 0 radical (unpaired) electrons. The summed E-state index contributed by atoms with van der Waals surface area (Å²) >= 11 is 6.39. The highest BCUT2D eigenvalue weighted by Gasteiger charge is 2.23. The minimum Gasteiger partial charge on any atom is -0.480 e. The van der Waals surface area contributed by atoms with Crippen LogP contribution >= 0.6 is 11.6 Å². The third-order valence-corrected chi connectivity index (χ3v) is 6.21. The van der Waals surface area contributed by atoms with Crippen LogP contribution in [0.25, 0.3) is 11.4 Å². The van der Waals surface area contributed by atoms with Gasteiger partial charge < -0.3 is 19.4 Å². The number of hydrogen-bond donors (Lipinski definition) is 1. The number of morpholine rings is 1. The molecule has 31 heavy (non-hydrogen) atoms. The van der Waals surface area contributed by atoms with Gasteiger partial charge in [0.05, 0.1) is 44.5 Å². The minimum atomic E-state index is 0.509. The van der Waals surface area contributed by atoms with Crippen molar-refractivity contribution in [3.05, 3.63) is 34.7 Å². The van der Waals surface area contributed by atoms with Crippen LogP contribution in [0.2, 0.25) is 5.15 Å². The van der Waals surface area contributed by atoms with Gasteiger partial charge in [0, 0.05) is 37.9 Å². The van der Waals surface area contributed by atoms with Gasteiger partial charge in [0.25, 0.3) is 0 Å². The Hall–Kier alpha value is -2.62. The van der Waals surface area contributed by atoms with Crippen LogP contribution in [0.3, 0.4) is 0 Å². The standard InChI is InChI=1S/C21H26ClN7O2/c1-14-11-17(22)28-4-3-15-12-23-21(26-18(15)19(14)28)25-16-13-24-29(20(16)30-2)6-5-27-7-9-31-10-8-27/h11-13H,3-10H2,1-2H3,(H,23,25,26). The molecule has 2 aliphatic heterocycles. The Morgan fingerprint density at radius 3 is 2.84 bits per heavy atom. The van der Waals surface area contributed by atoms with Gasteiger partial charge >= 0.3 is 0 Å². The lowest BCUT2D eigenvalue weighted by Crippen LogP contribution is -2.38. The molecule has 9 nitrogen and oxygen atoms in total. The van der Waals surface area contributed by atoms with Crippen LogP contribution in [0.5, 0.6) is 5.88 Å². The van der Waals surface area contributed by atoms with Crippen LogP contribution in [0.4, 0.5) is 11.6 Å². The Labute approximate surface area is 185 Å². The Balaban J connectivity index is 1.36. The minimum absolute atomic E-state index is 0.509. The largest absolute Gasteiger partial charge is 0.480 e. The molecule has 0 atom stereocenters. The monoisotopic (exact) mass is 443 g/mol. The Kier molecular flexibility index (Phi) is 5.56. The van der Waals surface area contributed by atoms with Crippen molar-refractivity contribution in [1.29, 1.82) is 0 Å². The summed E-state index contributed by atoms with van der Waals surface area (Å²) in [6.45, 7) is 8.00. The lowest BCUT2D eigenvalue weighted by molar-refractivity contribution is 0.0357. The number of anilines is 2. The quantitative estimate of drug-likeness (QED) is 0.627. The summed E-state index contributed by atoms with van der Waals surface area (Å²) in [6.07, 6.45) is 4.51. The van der Waals surface area contributed by atoms with Gasteiger partial charge in [-0.2, -0.15) is 5.10 Å². The van der Waals surface area contributed by atoms with E-state index in [9.17, 15) is 0 Å². The molecular formula is C21H26ClN7O2. The molecule has 1 saturated heterocycles. The zero-order valence-corrected chi connectivity index (χ0v) is 18.5. The molecule has 5 heterocycles. The second kappa shape index (κ2) is 8.49. The van der Waals surface area contributed by atoms with Gasteiger partial charge in [0.1, 0.15) is 10.8 Å². The van der Waals surface area contributed by atoms with Crippen molar-refractivity contribution in [1.82, 2.24) is 29.2 Å². The van der Waals surface area contributed by atoms with E-state index in [2.05, 4.69) is 31.8 Å². The van der Waals surface area contributed by atoms with Gasteiger partial charge in [-0.15, -0.1) is 0 Å². The molecule has 0 unspecified atom stereocenters. The summed E-state index contributed by atoms with van der Waals surface area (Å²) < 4.78 is 15.0. The van der Waals surface area contributed by atoms with Crippen molar-refractivity contribution in [2.45, 2.75) is 26.4 Å². The summed E-state index contributed by atoms with van der Waals surface area (Å²) in [5, 5.41) is 8.53. The lowest BCUT2D eigenvalue weighted by Gasteiger charge is -2.26. The van der Waals surface area contributed by atoms with E-state index in [-0.39, 0.29) is 0 Å². The van der Waals surface area contributed by atoms with E-state index in [4.69, 9.17) is 26.1 Å². The zero-order valence-electron chi connectivity index (χ0n) is 17.8. The maximum absolute atomic E-state index is 6.39. The van der Waals surface area contributed by atoms with Gasteiger partial charge in [-0.1, -0.05) is 11.6 Å². The van der Waals surface area contributed by atoms with Gasteiger partial charge in [-0.25, -0.2) is 14.6 Å². The second-order valence-electron chi connectivity index (χ2n) is 7.84. The zero-order chi connectivity index (χ0) is 21.4. The number of fused-ring (bicyclic) bond motifs is 3. The number of aromatic nitrogens is 5. The van der Waals surface area contributed by atoms with Gasteiger partial charge in [-0.05, 0) is 25.0 Å². The van der Waals surface area contributed by atoms with Crippen molar-refractivity contribution in [2.75, 3.05) is 45.3 Å². The van der Waals surface area contributed by atoms with Crippen molar-refractivity contribution in [2.24, 2.45) is 0 Å². The maximum atomic E-state index is 6.39. The first-order valence-electron chi connectivity index (χ1n) is 10.5. The number of nitrogens with one attached hydrogen (secondary N) is 1. The number of hydrogen-bond acceptors (Lipinski definition) is 7. The molecule has 2 aliphatic rings. The number of nitrogens with zero attached hydrogens (tertiary/aromatic N) is 6. The Morgan fingerprint density at radius 1 is 1.19 bits per heavy atom. The van der Waals surface area contributed by atoms with Crippen LogP contribution in [0.1, 0.15) is 11.1 Å². The van der Waals surface area contributed by atoms with Crippen LogP contribution in [0.15, 0.2) is 18.5 Å². The smallest absolute Gasteiger partial charge is 0.236 e. The van der Waals surface area contributed by atoms with Crippen molar-refractivity contribution in [3.63, 3.8) is 0 Å². The highest BCUT2D eigenvalue weighted by Crippen LogP contribution is 2.35. The summed E-state index contributed by atoms with van der Waals surface area (Å²) in [4.78, 5) is 11.7. The van der Waals surface area contributed by atoms with Crippen LogP contribution < -0.4 is 10.1 Å². The topological polar surface area (TPSA) is 82.3 Å². The maximum Gasteiger partial charge on any atom is 0.236 e. The molecule has 10 heteroatoms. The molecule has 5 rings (SSSR count). The summed E-state index contributed by atoms with van der Waals surface area (Å²) in [5.74, 6) is 1.17. The molecule has 0 amide bonds. The Morgan fingerprint density at radius 2 is 2.03 bits per heavy atom. The van der Waals surface area contributed by atoms with E-state index >= 15 is 0 Å². The fourth-order valence-electron chi connectivity index (χ4n) is 4.28. The molecule has 0 saturated carbocycles. The van der Waals surface area contributed by atoms with Gasteiger partial charge in [-0.3, -0.25) is 4.90 Å². The first-order chi connectivity index (χ1) is 15.1. The highest BCUT2D eigenvalue weighted by molar-refractivity contribution is 6.30. The number of rotatable bonds is 6. The lowest BCUT2D eigenvalue weighted by atomic mass is 10.0. The second-order valence-corrected chi connectivity index (χ2v) is 8.22. The average molecular weight is 444 g/mol. The molecule has 3 aromatic heterocycles. The van der Waals surface area contributed by atoms with Crippen LogP contribution in [0, 0.1) is 6.92 Å². The van der Waals surface area contributed by atoms with E-state index in [0.717, 1.165) is 85.7 Å². The van der Waals surface area contributed by atoms with Crippen LogP contribution in [-0.2, 0) is 24.2 Å². The molecule has 0 bridgehead atoms. The molecule has 0 aromatic carbocycles. The molecular weight excluding hydrogens is 418 g/mol. The van der Waals surface area contributed by atoms with Gasteiger partial charge in [0.15, 0.2) is 0 Å².